The van der Waals surface area contributed by atoms with Gasteiger partial charge in [-0.2, -0.15) is 11.3 Å². The van der Waals surface area contributed by atoms with Gasteiger partial charge in [-0.15, -0.1) is 10.2 Å². The van der Waals surface area contributed by atoms with Gasteiger partial charge in [-0.05, 0) is 35.1 Å². The lowest BCUT2D eigenvalue weighted by Gasteiger charge is -2.23. The van der Waals surface area contributed by atoms with Gasteiger partial charge in [0.15, 0.2) is 0 Å². The minimum atomic E-state index is -0.0625. The number of nitrogens with one attached hydrogen (secondary N) is 1. The van der Waals surface area contributed by atoms with Crippen LogP contribution in [0.5, 0.6) is 5.75 Å². The number of benzene rings is 1. The Labute approximate surface area is 162 Å². The highest BCUT2D eigenvalue weighted by Crippen LogP contribution is 2.24. The predicted molar refractivity (Wildman–Crippen MR) is 105 cm³/mol. The summed E-state index contributed by atoms with van der Waals surface area (Å²) >= 11 is 1.57. The Morgan fingerprint density at radius 3 is 2.63 bits per heavy atom. The molecule has 1 N–H and O–H groups in total. The Hall–Kier alpha value is -2.67. The van der Waals surface area contributed by atoms with Crippen LogP contribution in [0, 0.1) is 5.92 Å². The fourth-order valence-corrected chi connectivity index (χ4v) is 3.40. The second-order valence-electron chi connectivity index (χ2n) is 6.58. The van der Waals surface area contributed by atoms with E-state index in [0.717, 1.165) is 16.9 Å². The number of thiophene rings is 1. The molecule has 6 nitrogen and oxygen atoms in total. The van der Waals surface area contributed by atoms with E-state index in [4.69, 9.17) is 9.15 Å². The molecule has 0 spiro atoms. The van der Waals surface area contributed by atoms with Crippen LogP contribution < -0.4 is 10.1 Å². The fourth-order valence-electron chi connectivity index (χ4n) is 2.77. The monoisotopic (exact) mass is 385 g/mol. The zero-order chi connectivity index (χ0) is 19.2. The van der Waals surface area contributed by atoms with Crippen LogP contribution in [0.2, 0.25) is 0 Å². The van der Waals surface area contributed by atoms with Gasteiger partial charge in [-0.25, -0.2) is 0 Å². The lowest BCUT2D eigenvalue weighted by molar-refractivity contribution is -0.122. The molecule has 1 aromatic carbocycles. The summed E-state index contributed by atoms with van der Waals surface area (Å²) in [5.41, 5.74) is 1.96. The van der Waals surface area contributed by atoms with Gasteiger partial charge in [0.1, 0.15) is 5.75 Å². The third-order valence-electron chi connectivity index (χ3n) is 4.26. The zero-order valence-corrected chi connectivity index (χ0v) is 16.5. The van der Waals surface area contributed by atoms with Crippen molar-refractivity contribution >= 4 is 17.2 Å². The van der Waals surface area contributed by atoms with Crippen LogP contribution in [0.4, 0.5) is 0 Å². The minimum Gasteiger partial charge on any atom is -0.497 e. The molecule has 0 aliphatic rings. The molecular formula is C20H23N3O3S. The predicted octanol–water partition coefficient (Wildman–Crippen LogP) is 4.25. The summed E-state index contributed by atoms with van der Waals surface area (Å²) in [6, 6.07) is 9.64. The number of aryl methyl sites for hydroxylation is 1. The molecule has 0 aliphatic carbocycles. The summed E-state index contributed by atoms with van der Waals surface area (Å²) in [7, 11) is 1.64. The second kappa shape index (κ2) is 8.81. The van der Waals surface area contributed by atoms with Gasteiger partial charge in [0.05, 0.1) is 13.2 Å². The third kappa shape index (κ3) is 4.95. The number of carbonyl (C=O) groups is 1. The van der Waals surface area contributed by atoms with Crippen molar-refractivity contribution in [2.24, 2.45) is 5.92 Å². The number of nitrogens with zero attached hydrogens (tertiary/aromatic N) is 2. The molecule has 1 amide bonds. The van der Waals surface area contributed by atoms with E-state index in [-0.39, 0.29) is 17.9 Å². The molecule has 0 saturated carbocycles. The lowest BCUT2D eigenvalue weighted by atomic mass is 9.95. The van der Waals surface area contributed by atoms with Crippen LogP contribution in [0.1, 0.15) is 37.8 Å². The first-order valence-corrected chi connectivity index (χ1v) is 9.79. The Balaban J connectivity index is 1.58. The maximum Gasteiger partial charge on any atom is 0.248 e. The Morgan fingerprint density at radius 2 is 2.00 bits per heavy atom. The normalized spacial score (nSPS) is 12.1. The minimum absolute atomic E-state index is 0.0419. The molecule has 0 saturated heterocycles. The van der Waals surface area contributed by atoms with Gasteiger partial charge in [0, 0.05) is 23.8 Å². The smallest absolute Gasteiger partial charge is 0.248 e. The maximum absolute atomic E-state index is 12.4. The van der Waals surface area contributed by atoms with E-state index in [1.807, 2.05) is 41.1 Å². The molecule has 1 unspecified atom stereocenters. The van der Waals surface area contributed by atoms with E-state index in [1.54, 1.807) is 18.4 Å². The van der Waals surface area contributed by atoms with Crippen LogP contribution in [0.3, 0.4) is 0 Å². The van der Waals surface area contributed by atoms with Crippen LogP contribution in [0.25, 0.3) is 11.5 Å². The molecule has 142 valence electrons. The second-order valence-corrected chi connectivity index (χ2v) is 7.36. The molecule has 3 rings (SSSR count). The number of amides is 1. The number of aromatic nitrogens is 2. The van der Waals surface area contributed by atoms with Crippen molar-refractivity contribution in [3.63, 3.8) is 0 Å². The van der Waals surface area contributed by atoms with Gasteiger partial charge in [0.2, 0.25) is 17.7 Å². The van der Waals surface area contributed by atoms with Crippen LogP contribution >= 0.6 is 11.3 Å². The molecule has 2 heterocycles. The van der Waals surface area contributed by atoms with Gasteiger partial charge >= 0.3 is 0 Å². The van der Waals surface area contributed by atoms with Crippen molar-refractivity contribution in [3.8, 4) is 17.2 Å². The first-order valence-electron chi connectivity index (χ1n) is 8.85. The first-order chi connectivity index (χ1) is 13.1. The summed E-state index contributed by atoms with van der Waals surface area (Å²) in [4.78, 5) is 12.4. The molecule has 2 aromatic heterocycles. The standard InChI is InChI=1S/C20H23N3O3S/c1-13(2)19(14-4-6-16(25-3)7-5-14)21-17(24)8-9-18-22-23-20(26-18)15-10-11-27-12-15/h4-7,10-13,19H,8-9H2,1-3H3,(H,21,24). The number of methoxy groups -OCH3 is 1. The van der Waals surface area contributed by atoms with Gasteiger partial charge in [-0.3, -0.25) is 4.79 Å². The molecule has 7 heteroatoms. The van der Waals surface area contributed by atoms with E-state index < -0.39 is 0 Å². The fraction of sp³-hybridized carbons (Fsp3) is 0.350. The maximum atomic E-state index is 12.4. The number of hydrogen-bond donors (Lipinski definition) is 1. The first kappa shape index (κ1) is 19.1. The van der Waals surface area contributed by atoms with Gasteiger partial charge < -0.3 is 14.5 Å². The molecule has 3 aromatic rings. The van der Waals surface area contributed by atoms with Crippen molar-refractivity contribution in [2.45, 2.75) is 32.7 Å². The third-order valence-corrected chi connectivity index (χ3v) is 4.94. The van der Waals surface area contributed by atoms with E-state index in [1.165, 1.54) is 0 Å². The average molecular weight is 385 g/mol. The van der Waals surface area contributed by atoms with Crippen LogP contribution in [-0.4, -0.2) is 23.2 Å². The molecule has 0 radical (unpaired) electrons. The van der Waals surface area contributed by atoms with Crippen LogP contribution in [-0.2, 0) is 11.2 Å². The van der Waals surface area contributed by atoms with E-state index in [2.05, 4.69) is 29.4 Å². The molecule has 0 aliphatic heterocycles. The Morgan fingerprint density at radius 1 is 1.22 bits per heavy atom. The number of rotatable bonds is 8. The van der Waals surface area contributed by atoms with Crippen molar-refractivity contribution in [1.29, 1.82) is 0 Å². The molecule has 27 heavy (non-hydrogen) atoms. The summed E-state index contributed by atoms with van der Waals surface area (Å²) in [6.45, 7) is 4.17. The van der Waals surface area contributed by atoms with Crippen LogP contribution in [0.15, 0.2) is 45.5 Å². The Kier molecular flexibility index (Phi) is 6.24. The van der Waals surface area contributed by atoms with E-state index in [9.17, 15) is 4.79 Å². The van der Waals surface area contributed by atoms with Crippen molar-refractivity contribution in [2.75, 3.05) is 7.11 Å². The highest BCUT2D eigenvalue weighted by atomic mass is 32.1. The Bertz CT molecular complexity index is 857. The summed E-state index contributed by atoms with van der Waals surface area (Å²) < 4.78 is 10.8. The SMILES string of the molecule is COc1ccc(C(NC(=O)CCc2nnc(-c3ccsc3)o2)C(C)C)cc1. The van der Waals surface area contributed by atoms with Gasteiger partial charge in [-0.1, -0.05) is 26.0 Å². The number of ether oxygens (including phenoxy) is 1. The summed E-state index contributed by atoms with van der Waals surface area (Å²) in [5, 5.41) is 15.1. The summed E-state index contributed by atoms with van der Waals surface area (Å²) in [6.07, 6.45) is 0.709. The molecule has 1 atom stereocenters. The molecule has 0 bridgehead atoms. The quantitative estimate of drug-likeness (QED) is 0.627. The highest BCUT2D eigenvalue weighted by molar-refractivity contribution is 7.08. The lowest BCUT2D eigenvalue weighted by Crippen LogP contribution is -2.31. The molecule has 0 fully saturated rings. The average Bonchev–Trinajstić information content (AvgIpc) is 3.35. The van der Waals surface area contributed by atoms with Crippen molar-refractivity contribution in [1.82, 2.24) is 15.5 Å². The number of carbonyl (C=O) groups excluding carboxylic acids is 1. The van der Waals surface area contributed by atoms with E-state index in [0.29, 0.717) is 24.6 Å². The number of hydrogen-bond acceptors (Lipinski definition) is 6. The largest absolute Gasteiger partial charge is 0.497 e. The zero-order valence-electron chi connectivity index (χ0n) is 15.6. The summed E-state index contributed by atoms with van der Waals surface area (Å²) in [5.74, 6) is 1.97. The topological polar surface area (TPSA) is 77.2 Å². The van der Waals surface area contributed by atoms with Crippen molar-refractivity contribution in [3.05, 3.63) is 52.5 Å². The van der Waals surface area contributed by atoms with Gasteiger partial charge in [0.25, 0.3) is 0 Å². The highest BCUT2D eigenvalue weighted by Gasteiger charge is 2.19. The molecular weight excluding hydrogens is 362 g/mol. The van der Waals surface area contributed by atoms with Crippen molar-refractivity contribution < 1.29 is 13.9 Å². The van der Waals surface area contributed by atoms with E-state index >= 15 is 0 Å².